The van der Waals surface area contributed by atoms with Crippen LogP contribution in [0.2, 0.25) is 0 Å². The number of rotatable bonds is 5. The minimum Gasteiger partial charge on any atom is -0.457 e. The number of esters is 1. The fourth-order valence-corrected chi connectivity index (χ4v) is 5.10. The van der Waals surface area contributed by atoms with E-state index in [0.717, 1.165) is 22.5 Å². The summed E-state index contributed by atoms with van der Waals surface area (Å²) in [5.74, 6) is -1.04. The van der Waals surface area contributed by atoms with Gasteiger partial charge in [0.15, 0.2) is 10.6 Å². The van der Waals surface area contributed by atoms with E-state index < -0.39 is 17.9 Å². The van der Waals surface area contributed by atoms with Gasteiger partial charge in [-0.1, -0.05) is 66.0 Å². The van der Waals surface area contributed by atoms with Gasteiger partial charge in [-0.2, -0.15) is 0 Å². The van der Waals surface area contributed by atoms with Gasteiger partial charge in [0.25, 0.3) is 5.91 Å². The minimum absolute atomic E-state index is 0.0150. The van der Waals surface area contributed by atoms with Crippen LogP contribution in [-0.4, -0.2) is 23.5 Å². The number of aromatic nitrogens is 1. The number of hydrogen-bond donors (Lipinski definition) is 0. The van der Waals surface area contributed by atoms with Gasteiger partial charge in [-0.05, 0) is 31.5 Å². The fraction of sp³-hybridized carbons (Fsp3) is 0.154. The molecule has 4 aromatic rings. The van der Waals surface area contributed by atoms with Gasteiger partial charge in [-0.3, -0.25) is 14.5 Å². The van der Waals surface area contributed by atoms with Crippen molar-refractivity contribution < 1.29 is 18.7 Å². The van der Waals surface area contributed by atoms with Crippen LogP contribution in [-0.2, 0) is 4.74 Å². The number of carbonyl (C=O) groups is 2. The predicted molar refractivity (Wildman–Crippen MR) is 130 cm³/mol. The predicted octanol–water partition coefficient (Wildman–Crippen LogP) is 4.96. The van der Waals surface area contributed by atoms with Crippen LogP contribution in [0.15, 0.2) is 70.4 Å². The second-order valence-corrected chi connectivity index (χ2v) is 8.94. The van der Waals surface area contributed by atoms with Crippen molar-refractivity contribution >= 4 is 39.3 Å². The maximum atomic E-state index is 13.6. The van der Waals surface area contributed by atoms with E-state index in [-0.39, 0.29) is 33.4 Å². The Hall–Kier alpha value is -4.04. The maximum absolute atomic E-state index is 13.6. The molecule has 0 aliphatic carbocycles. The zero-order valence-electron chi connectivity index (χ0n) is 18.5. The number of amides is 1. The van der Waals surface area contributed by atoms with Crippen LogP contribution in [0.25, 0.3) is 11.0 Å². The van der Waals surface area contributed by atoms with Crippen molar-refractivity contribution in [2.45, 2.75) is 19.9 Å². The molecule has 5 rings (SSSR count). The van der Waals surface area contributed by atoms with Crippen LogP contribution in [0, 0.1) is 13.8 Å². The first-order valence-electron chi connectivity index (χ1n) is 10.6. The van der Waals surface area contributed by atoms with Crippen molar-refractivity contribution in [1.29, 1.82) is 0 Å². The molecule has 0 radical (unpaired) electrons. The lowest BCUT2D eigenvalue weighted by Crippen LogP contribution is -2.29. The Morgan fingerprint density at radius 1 is 1.21 bits per heavy atom. The van der Waals surface area contributed by atoms with Crippen molar-refractivity contribution in [3.05, 3.63) is 104 Å². The van der Waals surface area contributed by atoms with E-state index in [1.54, 1.807) is 19.1 Å². The number of benzene rings is 2. The molecule has 1 amide bonds. The van der Waals surface area contributed by atoms with Gasteiger partial charge in [0.2, 0.25) is 5.76 Å². The summed E-state index contributed by atoms with van der Waals surface area (Å²) in [5.41, 5.74) is 2.43. The van der Waals surface area contributed by atoms with E-state index in [9.17, 15) is 14.4 Å². The van der Waals surface area contributed by atoms with E-state index >= 15 is 0 Å². The largest absolute Gasteiger partial charge is 0.457 e. The number of anilines is 1. The lowest BCUT2D eigenvalue weighted by atomic mass is 9.98. The maximum Gasteiger partial charge on any atom is 0.350 e. The SMILES string of the molecule is C=CCOC(=O)c1sc(N2C(=O)c3oc4ccc(C)cc4c(=O)c3C2c2ccccc2)nc1C. The summed E-state index contributed by atoms with van der Waals surface area (Å²) in [6, 6.07) is 13.8. The summed E-state index contributed by atoms with van der Waals surface area (Å²) in [4.78, 5) is 46.0. The second kappa shape index (κ2) is 8.39. The Kier molecular flexibility index (Phi) is 5.37. The molecule has 7 nitrogen and oxygen atoms in total. The number of carbonyl (C=O) groups excluding carboxylic acids is 2. The van der Waals surface area contributed by atoms with E-state index in [4.69, 9.17) is 9.15 Å². The number of nitrogens with zero attached hydrogens (tertiary/aromatic N) is 2. The molecule has 2 aromatic carbocycles. The third kappa shape index (κ3) is 3.43. The molecule has 1 unspecified atom stereocenters. The zero-order valence-corrected chi connectivity index (χ0v) is 19.3. The molecule has 0 saturated carbocycles. The zero-order chi connectivity index (χ0) is 24.0. The van der Waals surface area contributed by atoms with Crippen LogP contribution in [0.5, 0.6) is 0 Å². The highest BCUT2D eigenvalue weighted by molar-refractivity contribution is 7.17. The summed E-state index contributed by atoms with van der Waals surface area (Å²) in [7, 11) is 0. The fourth-order valence-electron chi connectivity index (χ4n) is 4.11. The Bertz CT molecular complexity index is 1520. The highest BCUT2D eigenvalue weighted by atomic mass is 32.1. The van der Waals surface area contributed by atoms with E-state index in [0.29, 0.717) is 16.7 Å². The van der Waals surface area contributed by atoms with Crippen molar-refractivity contribution in [2.24, 2.45) is 0 Å². The summed E-state index contributed by atoms with van der Waals surface area (Å²) >= 11 is 1.04. The number of aryl methyl sites for hydroxylation is 2. The molecule has 0 N–H and O–H groups in total. The van der Waals surface area contributed by atoms with Gasteiger partial charge < -0.3 is 9.15 Å². The molecule has 0 fully saturated rings. The molecule has 2 aromatic heterocycles. The van der Waals surface area contributed by atoms with E-state index in [1.807, 2.05) is 43.3 Å². The first-order valence-corrected chi connectivity index (χ1v) is 11.4. The Morgan fingerprint density at radius 2 is 1.97 bits per heavy atom. The molecular weight excluding hydrogens is 452 g/mol. The molecule has 34 heavy (non-hydrogen) atoms. The van der Waals surface area contributed by atoms with Gasteiger partial charge in [-0.15, -0.1) is 0 Å². The molecule has 8 heteroatoms. The molecular formula is C26H20N2O5S. The summed E-state index contributed by atoms with van der Waals surface area (Å²) in [6.45, 7) is 7.18. The van der Waals surface area contributed by atoms with Gasteiger partial charge >= 0.3 is 5.97 Å². The van der Waals surface area contributed by atoms with Crippen LogP contribution in [0.1, 0.15) is 48.7 Å². The summed E-state index contributed by atoms with van der Waals surface area (Å²) in [5, 5.41) is 0.700. The van der Waals surface area contributed by atoms with Crippen LogP contribution in [0.3, 0.4) is 0 Å². The first kappa shape index (κ1) is 21.8. The molecule has 1 aliphatic rings. The topological polar surface area (TPSA) is 89.7 Å². The van der Waals surface area contributed by atoms with Crippen LogP contribution in [0.4, 0.5) is 5.13 Å². The lowest BCUT2D eigenvalue weighted by molar-refractivity contribution is 0.0554. The van der Waals surface area contributed by atoms with Gasteiger partial charge in [0, 0.05) is 0 Å². The Labute approximate surface area is 198 Å². The quantitative estimate of drug-likeness (QED) is 0.301. The Morgan fingerprint density at radius 3 is 2.71 bits per heavy atom. The molecule has 0 spiro atoms. The van der Waals surface area contributed by atoms with E-state index in [2.05, 4.69) is 11.6 Å². The molecule has 170 valence electrons. The summed E-state index contributed by atoms with van der Waals surface area (Å²) < 4.78 is 11.1. The average molecular weight is 473 g/mol. The van der Waals surface area contributed by atoms with Crippen molar-refractivity contribution in [1.82, 2.24) is 4.98 Å². The van der Waals surface area contributed by atoms with Crippen molar-refractivity contribution in [3.63, 3.8) is 0 Å². The number of fused-ring (bicyclic) bond motifs is 2. The molecule has 1 atom stereocenters. The third-order valence-corrected chi connectivity index (χ3v) is 6.79. The summed E-state index contributed by atoms with van der Waals surface area (Å²) in [6.07, 6.45) is 1.48. The van der Waals surface area contributed by atoms with E-state index in [1.165, 1.54) is 11.0 Å². The smallest absolute Gasteiger partial charge is 0.350 e. The normalized spacial score (nSPS) is 14.9. The lowest BCUT2D eigenvalue weighted by Gasteiger charge is -2.22. The van der Waals surface area contributed by atoms with Gasteiger partial charge in [-0.25, -0.2) is 9.78 Å². The van der Waals surface area contributed by atoms with Crippen molar-refractivity contribution in [3.8, 4) is 0 Å². The number of ether oxygens (including phenoxy) is 1. The minimum atomic E-state index is -0.743. The monoisotopic (exact) mass is 472 g/mol. The third-order valence-electron chi connectivity index (χ3n) is 5.65. The molecule has 0 bridgehead atoms. The highest BCUT2D eigenvalue weighted by Gasteiger charge is 2.45. The van der Waals surface area contributed by atoms with Gasteiger partial charge in [0.05, 0.1) is 22.7 Å². The number of thiazole rings is 1. The molecule has 1 aliphatic heterocycles. The Balaban J connectivity index is 1.71. The van der Waals surface area contributed by atoms with Crippen molar-refractivity contribution in [2.75, 3.05) is 11.5 Å². The van der Waals surface area contributed by atoms with Crippen LogP contribution < -0.4 is 10.3 Å². The molecule has 3 heterocycles. The second-order valence-electron chi connectivity index (χ2n) is 7.96. The molecule has 0 saturated heterocycles. The highest BCUT2D eigenvalue weighted by Crippen LogP contribution is 2.43. The van der Waals surface area contributed by atoms with Crippen LogP contribution >= 0.6 is 11.3 Å². The average Bonchev–Trinajstić information content (AvgIpc) is 3.36. The number of hydrogen-bond acceptors (Lipinski definition) is 7. The first-order chi connectivity index (χ1) is 16.4. The van der Waals surface area contributed by atoms with Gasteiger partial charge in [0.1, 0.15) is 17.1 Å². The standard InChI is InChI=1S/C26H20N2O5S/c1-4-12-32-25(31)23-15(3)27-26(34-23)28-20(16-8-6-5-7-9-16)19-21(29)17-13-14(2)10-11-18(17)33-22(19)24(28)30/h4-11,13,20H,1,12H2,2-3H3.